The Morgan fingerprint density at radius 1 is 1.50 bits per heavy atom. The number of rotatable bonds is 3. The van der Waals surface area contributed by atoms with E-state index in [0.717, 1.165) is 11.3 Å². The molecule has 0 saturated carbocycles. The molecule has 1 aromatic carbocycles. The zero-order valence-corrected chi connectivity index (χ0v) is 11.2. The van der Waals surface area contributed by atoms with Crippen molar-refractivity contribution >= 4 is 23.1 Å². The molecule has 1 aliphatic rings. The molecule has 0 radical (unpaired) electrons. The van der Waals surface area contributed by atoms with E-state index in [2.05, 4.69) is 5.32 Å². The van der Waals surface area contributed by atoms with Crippen LogP contribution in [0.2, 0.25) is 0 Å². The second-order valence-electron chi connectivity index (χ2n) is 4.86. The molecule has 1 heterocycles. The first-order valence-corrected chi connectivity index (χ1v) is 6.16. The molecule has 1 aromatic rings. The molecular weight excluding hydrogens is 248 g/mol. The lowest BCUT2D eigenvalue weighted by atomic mass is 9.91. The predicted octanol–water partition coefficient (Wildman–Crippen LogP) is 1.55. The Balaban J connectivity index is 2.13. The maximum atomic E-state index is 12.1. The van der Waals surface area contributed by atoms with Crippen LogP contribution in [0.3, 0.4) is 0 Å². The van der Waals surface area contributed by atoms with Gasteiger partial charge in [0, 0.05) is 5.56 Å². The number of amides is 1. The van der Waals surface area contributed by atoms with Gasteiger partial charge < -0.3 is 15.8 Å². The van der Waals surface area contributed by atoms with E-state index >= 15 is 0 Å². The van der Waals surface area contributed by atoms with Gasteiger partial charge >= 0.3 is 0 Å². The second-order valence-corrected chi connectivity index (χ2v) is 5.30. The van der Waals surface area contributed by atoms with E-state index in [-0.39, 0.29) is 16.9 Å². The zero-order chi connectivity index (χ0) is 13.3. The lowest BCUT2D eigenvalue weighted by Gasteiger charge is -2.24. The normalized spacial score (nSPS) is 17.8. The smallest absolute Gasteiger partial charge is 0.233 e. The van der Waals surface area contributed by atoms with Crippen LogP contribution < -0.4 is 15.8 Å². The number of para-hydroxylation sites is 1. The molecule has 1 atom stereocenters. The third-order valence-electron chi connectivity index (χ3n) is 3.19. The van der Waals surface area contributed by atoms with E-state index in [1.807, 2.05) is 24.3 Å². The van der Waals surface area contributed by atoms with Crippen molar-refractivity contribution in [3.05, 3.63) is 29.8 Å². The number of thiocarbonyl (C=S) groups is 1. The van der Waals surface area contributed by atoms with Crippen molar-refractivity contribution in [1.29, 1.82) is 0 Å². The van der Waals surface area contributed by atoms with Crippen LogP contribution in [0.15, 0.2) is 24.3 Å². The summed E-state index contributed by atoms with van der Waals surface area (Å²) in [6.07, 6.45) is 0. The maximum Gasteiger partial charge on any atom is 0.233 e. The number of carbonyl (C=O) groups excluding carboxylic acids is 1. The third-order valence-corrected chi connectivity index (χ3v) is 3.70. The van der Waals surface area contributed by atoms with E-state index in [0.29, 0.717) is 6.61 Å². The van der Waals surface area contributed by atoms with Gasteiger partial charge in [-0.1, -0.05) is 30.4 Å². The molecule has 1 unspecified atom stereocenters. The predicted molar refractivity (Wildman–Crippen MR) is 73.4 cm³/mol. The first kappa shape index (κ1) is 12.8. The number of carbonyl (C=O) groups is 1. The van der Waals surface area contributed by atoms with Crippen molar-refractivity contribution in [3.8, 4) is 5.75 Å². The summed E-state index contributed by atoms with van der Waals surface area (Å²) in [4.78, 5) is 12.3. The minimum atomic E-state index is -0.854. The van der Waals surface area contributed by atoms with Gasteiger partial charge in [-0.15, -0.1) is 0 Å². The highest BCUT2D eigenvalue weighted by Crippen LogP contribution is 2.32. The Hall–Kier alpha value is -1.62. The van der Waals surface area contributed by atoms with Crippen molar-refractivity contribution in [2.45, 2.75) is 19.9 Å². The van der Waals surface area contributed by atoms with Crippen LogP contribution in [0.25, 0.3) is 0 Å². The summed E-state index contributed by atoms with van der Waals surface area (Å²) in [5, 5.41) is 2.93. The summed E-state index contributed by atoms with van der Waals surface area (Å²) in [6, 6.07) is 7.52. The fraction of sp³-hybridized carbons (Fsp3) is 0.385. The maximum absolute atomic E-state index is 12.1. The zero-order valence-electron chi connectivity index (χ0n) is 10.4. The standard InChI is InChI=1S/C13H16N2O2S/c1-13(2,11(14)18)12(16)15-9-7-17-10-6-4-3-5-8(9)10/h3-6,9H,7H2,1-2H3,(H2,14,18)(H,15,16). The van der Waals surface area contributed by atoms with E-state index in [1.54, 1.807) is 13.8 Å². The highest BCUT2D eigenvalue weighted by molar-refractivity contribution is 7.80. The SMILES string of the molecule is CC(C)(C(=O)NC1COc2ccccc21)C(N)=S. The van der Waals surface area contributed by atoms with Crippen LogP contribution in [-0.2, 0) is 4.79 Å². The van der Waals surface area contributed by atoms with Gasteiger partial charge in [0.1, 0.15) is 12.4 Å². The van der Waals surface area contributed by atoms with Gasteiger partial charge in [0.2, 0.25) is 5.91 Å². The van der Waals surface area contributed by atoms with Gasteiger partial charge in [-0.25, -0.2) is 0 Å². The number of hydrogen-bond acceptors (Lipinski definition) is 3. The van der Waals surface area contributed by atoms with Crippen molar-refractivity contribution in [2.75, 3.05) is 6.61 Å². The van der Waals surface area contributed by atoms with E-state index < -0.39 is 5.41 Å². The fourth-order valence-electron chi connectivity index (χ4n) is 1.73. The van der Waals surface area contributed by atoms with Crippen LogP contribution in [0.4, 0.5) is 0 Å². The topological polar surface area (TPSA) is 64.3 Å². The molecular formula is C13H16N2O2S. The molecule has 1 aliphatic heterocycles. The Bertz CT molecular complexity index is 500. The van der Waals surface area contributed by atoms with E-state index in [9.17, 15) is 4.79 Å². The minimum absolute atomic E-state index is 0.137. The molecule has 0 aliphatic carbocycles. The van der Waals surface area contributed by atoms with Gasteiger partial charge in [0.15, 0.2) is 0 Å². The van der Waals surface area contributed by atoms with E-state index in [4.69, 9.17) is 22.7 Å². The summed E-state index contributed by atoms with van der Waals surface area (Å²) < 4.78 is 5.51. The molecule has 5 heteroatoms. The molecule has 0 saturated heterocycles. The first-order valence-electron chi connectivity index (χ1n) is 5.75. The summed E-state index contributed by atoms with van der Waals surface area (Å²) in [7, 11) is 0. The average molecular weight is 264 g/mol. The van der Waals surface area contributed by atoms with Crippen molar-refractivity contribution in [1.82, 2.24) is 5.32 Å². The van der Waals surface area contributed by atoms with Gasteiger partial charge in [-0.3, -0.25) is 4.79 Å². The molecule has 96 valence electrons. The lowest BCUT2D eigenvalue weighted by Crippen LogP contribution is -2.46. The third kappa shape index (κ3) is 2.18. The van der Waals surface area contributed by atoms with Crippen LogP contribution in [-0.4, -0.2) is 17.5 Å². The van der Waals surface area contributed by atoms with Crippen LogP contribution in [0.5, 0.6) is 5.75 Å². The highest BCUT2D eigenvalue weighted by atomic mass is 32.1. The number of benzene rings is 1. The van der Waals surface area contributed by atoms with Crippen LogP contribution in [0.1, 0.15) is 25.5 Å². The van der Waals surface area contributed by atoms with Crippen LogP contribution >= 0.6 is 12.2 Å². The quantitative estimate of drug-likeness (QED) is 0.813. The summed E-state index contributed by atoms with van der Waals surface area (Å²) in [6.45, 7) is 3.87. The lowest BCUT2D eigenvalue weighted by molar-refractivity contribution is -0.127. The molecule has 18 heavy (non-hydrogen) atoms. The Morgan fingerprint density at radius 2 is 2.17 bits per heavy atom. The van der Waals surface area contributed by atoms with E-state index in [1.165, 1.54) is 0 Å². The monoisotopic (exact) mass is 264 g/mol. The number of nitrogens with two attached hydrogens (primary N) is 1. The average Bonchev–Trinajstić information content (AvgIpc) is 2.72. The molecule has 0 bridgehead atoms. The number of hydrogen-bond donors (Lipinski definition) is 2. The van der Waals surface area contributed by atoms with Gasteiger partial charge in [0.25, 0.3) is 0 Å². The summed E-state index contributed by atoms with van der Waals surface area (Å²) in [5.41, 5.74) is 5.72. The second kappa shape index (κ2) is 4.57. The molecule has 0 aromatic heterocycles. The largest absolute Gasteiger partial charge is 0.491 e. The number of ether oxygens (including phenoxy) is 1. The van der Waals surface area contributed by atoms with Gasteiger partial charge in [-0.2, -0.15) is 0 Å². The van der Waals surface area contributed by atoms with Crippen molar-refractivity contribution < 1.29 is 9.53 Å². The van der Waals surface area contributed by atoms with Gasteiger partial charge in [-0.05, 0) is 19.9 Å². The molecule has 2 rings (SSSR count). The Labute approximate surface area is 112 Å². The first-order chi connectivity index (χ1) is 8.43. The van der Waals surface area contributed by atoms with Crippen LogP contribution in [0, 0.1) is 5.41 Å². The van der Waals surface area contributed by atoms with Gasteiger partial charge in [0.05, 0.1) is 16.4 Å². The Morgan fingerprint density at radius 3 is 2.83 bits per heavy atom. The molecule has 0 spiro atoms. The molecule has 3 N–H and O–H groups in total. The molecule has 1 amide bonds. The van der Waals surface area contributed by atoms with Crippen molar-refractivity contribution in [2.24, 2.45) is 11.1 Å². The highest BCUT2D eigenvalue weighted by Gasteiger charge is 2.34. The van der Waals surface area contributed by atoms with Crippen molar-refractivity contribution in [3.63, 3.8) is 0 Å². The number of fused-ring (bicyclic) bond motifs is 1. The fourth-order valence-corrected chi connectivity index (χ4v) is 1.83. The summed E-state index contributed by atoms with van der Waals surface area (Å²) >= 11 is 4.91. The Kier molecular flexibility index (Phi) is 3.26. The molecule has 4 nitrogen and oxygen atoms in total. The number of nitrogens with one attached hydrogen (secondary N) is 1. The minimum Gasteiger partial charge on any atom is -0.491 e. The summed E-state index contributed by atoms with van der Waals surface area (Å²) in [5.74, 6) is 0.635. The molecule has 0 fully saturated rings.